The van der Waals surface area contributed by atoms with Crippen LogP contribution in [0.1, 0.15) is 26.7 Å². The Morgan fingerprint density at radius 2 is 2.10 bits per heavy atom. The fraction of sp³-hybridized carbons (Fsp3) is 0.625. The number of esters is 1. The molecule has 0 aromatic rings. The lowest BCUT2D eigenvalue weighted by Crippen LogP contribution is -2.01. The monoisotopic (exact) mass is 142 g/mol. The summed E-state index contributed by atoms with van der Waals surface area (Å²) in [6, 6.07) is 0. The van der Waals surface area contributed by atoms with Crippen LogP contribution in [0.4, 0.5) is 0 Å². The first-order valence-electron chi connectivity index (χ1n) is 3.61. The second kappa shape index (κ2) is 6.33. The molecular weight excluding hydrogens is 128 g/mol. The summed E-state index contributed by atoms with van der Waals surface area (Å²) in [6.07, 6.45) is 5.16. The third kappa shape index (κ3) is 5.35. The zero-order chi connectivity index (χ0) is 7.82. The maximum absolute atomic E-state index is 10.6. The van der Waals surface area contributed by atoms with Crippen molar-refractivity contribution in [1.82, 2.24) is 0 Å². The molecule has 0 aromatic carbocycles. The minimum absolute atomic E-state index is 0.146. The van der Waals surface area contributed by atoms with Crippen LogP contribution >= 0.6 is 0 Å². The van der Waals surface area contributed by atoms with Gasteiger partial charge in [-0.05, 0) is 13.3 Å². The standard InChI is InChI=1S/C8H14O2/c1-3-5-6-7-8(9)10-4-2/h5-6H,3-4,7H2,1-2H3/b6-5-. The van der Waals surface area contributed by atoms with Crippen molar-refractivity contribution in [1.29, 1.82) is 0 Å². The molecule has 0 fully saturated rings. The Morgan fingerprint density at radius 1 is 1.40 bits per heavy atom. The molecule has 0 radical (unpaired) electrons. The normalized spacial score (nSPS) is 10.2. The van der Waals surface area contributed by atoms with Crippen LogP contribution in [0.5, 0.6) is 0 Å². The van der Waals surface area contributed by atoms with Crippen molar-refractivity contribution in [3.8, 4) is 0 Å². The van der Waals surface area contributed by atoms with E-state index in [4.69, 9.17) is 4.74 Å². The maximum atomic E-state index is 10.6. The van der Waals surface area contributed by atoms with Gasteiger partial charge in [-0.1, -0.05) is 19.1 Å². The number of hydrogen-bond acceptors (Lipinski definition) is 2. The van der Waals surface area contributed by atoms with Crippen molar-refractivity contribution in [2.45, 2.75) is 26.7 Å². The molecule has 0 aliphatic heterocycles. The molecule has 2 nitrogen and oxygen atoms in total. The quantitative estimate of drug-likeness (QED) is 0.442. The fourth-order valence-electron chi connectivity index (χ4n) is 0.566. The van der Waals surface area contributed by atoms with Crippen LogP contribution in [0, 0.1) is 0 Å². The van der Waals surface area contributed by atoms with Gasteiger partial charge in [0.05, 0.1) is 13.0 Å². The summed E-state index contributed by atoms with van der Waals surface area (Å²) in [4.78, 5) is 10.6. The molecule has 0 aliphatic carbocycles. The summed E-state index contributed by atoms with van der Waals surface area (Å²) in [5, 5.41) is 0. The van der Waals surface area contributed by atoms with E-state index in [-0.39, 0.29) is 5.97 Å². The average molecular weight is 142 g/mol. The van der Waals surface area contributed by atoms with E-state index in [0.717, 1.165) is 6.42 Å². The zero-order valence-electron chi connectivity index (χ0n) is 6.59. The molecule has 2 heteroatoms. The Labute approximate surface area is 61.9 Å². The van der Waals surface area contributed by atoms with Crippen molar-refractivity contribution in [2.24, 2.45) is 0 Å². The van der Waals surface area contributed by atoms with Crippen LogP contribution in [-0.2, 0) is 9.53 Å². The Bertz CT molecular complexity index is 116. The van der Waals surface area contributed by atoms with Crippen molar-refractivity contribution < 1.29 is 9.53 Å². The Kier molecular flexibility index (Phi) is 5.83. The molecule has 0 saturated carbocycles. The number of rotatable bonds is 4. The minimum Gasteiger partial charge on any atom is -0.466 e. The van der Waals surface area contributed by atoms with Gasteiger partial charge in [-0.25, -0.2) is 0 Å². The van der Waals surface area contributed by atoms with E-state index in [1.54, 1.807) is 6.92 Å². The highest BCUT2D eigenvalue weighted by atomic mass is 16.5. The third-order valence-corrected chi connectivity index (χ3v) is 0.992. The Morgan fingerprint density at radius 3 is 2.60 bits per heavy atom. The Balaban J connectivity index is 3.30. The van der Waals surface area contributed by atoms with Gasteiger partial charge in [-0.15, -0.1) is 0 Å². The van der Waals surface area contributed by atoms with E-state index in [1.165, 1.54) is 0 Å². The van der Waals surface area contributed by atoms with Gasteiger partial charge >= 0.3 is 5.97 Å². The minimum atomic E-state index is -0.146. The SMILES string of the molecule is CC/C=C\CC(=O)OCC. The molecule has 0 aliphatic rings. The van der Waals surface area contributed by atoms with Crippen molar-refractivity contribution in [2.75, 3.05) is 6.61 Å². The molecule has 0 rings (SSSR count). The van der Waals surface area contributed by atoms with Crippen molar-refractivity contribution >= 4 is 5.97 Å². The van der Waals surface area contributed by atoms with E-state index < -0.39 is 0 Å². The predicted molar refractivity (Wildman–Crippen MR) is 40.7 cm³/mol. The molecule has 0 amide bonds. The molecule has 0 saturated heterocycles. The molecule has 0 heterocycles. The first-order valence-corrected chi connectivity index (χ1v) is 3.61. The summed E-state index contributed by atoms with van der Waals surface area (Å²) in [5.74, 6) is -0.146. The van der Waals surface area contributed by atoms with Crippen molar-refractivity contribution in [3.05, 3.63) is 12.2 Å². The van der Waals surface area contributed by atoms with Gasteiger partial charge in [-0.2, -0.15) is 0 Å². The first-order chi connectivity index (χ1) is 4.81. The van der Waals surface area contributed by atoms with Crippen molar-refractivity contribution in [3.63, 3.8) is 0 Å². The van der Waals surface area contributed by atoms with Gasteiger partial charge in [0.15, 0.2) is 0 Å². The predicted octanol–water partition coefficient (Wildman–Crippen LogP) is 1.91. The summed E-state index contributed by atoms with van der Waals surface area (Å²) >= 11 is 0. The highest BCUT2D eigenvalue weighted by molar-refractivity contribution is 5.71. The number of carbonyl (C=O) groups is 1. The lowest BCUT2D eigenvalue weighted by molar-refractivity contribution is -0.142. The van der Waals surface area contributed by atoms with Gasteiger partial charge in [0.25, 0.3) is 0 Å². The average Bonchev–Trinajstić information content (AvgIpc) is 1.89. The first kappa shape index (κ1) is 9.21. The Hall–Kier alpha value is -0.790. The van der Waals surface area contributed by atoms with Crippen LogP contribution in [0.2, 0.25) is 0 Å². The van der Waals surface area contributed by atoms with Crippen LogP contribution in [0.25, 0.3) is 0 Å². The molecule has 0 bridgehead atoms. The van der Waals surface area contributed by atoms with E-state index >= 15 is 0 Å². The van der Waals surface area contributed by atoms with Gasteiger partial charge in [0.2, 0.25) is 0 Å². The smallest absolute Gasteiger partial charge is 0.309 e. The molecular formula is C8H14O2. The molecule has 0 unspecified atom stereocenters. The molecule has 0 spiro atoms. The fourth-order valence-corrected chi connectivity index (χ4v) is 0.566. The molecule has 0 aromatic heterocycles. The summed E-state index contributed by atoms with van der Waals surface area (Å²) in [5.41, 5.74) is 0. The molecule has 0 atom stereocenters. The zero-order valence-corrected chi connectivity index (χ0v) is 6.59. The maximum Gasteiger partial charge on any atom is 0.309 e. The second-order valence-corrected chi connectivity index (χ2v) is 1.89. The van der Waals surface area contributed by atoms with Crippen LogP contribution in [0.3, 0.4) is 0 Å². The summed E-state index contributed by atoms with van der Waals surface area (Å²) < 4.78 is 4.70. The summed E-state index contributed by atoms with van der Waals surface area (Å²) in [7, 11) is 0. The van der Waals surface area contributed by atoms with E-state index in [2.05, 4.69) is 0 Å². The molecule has 58 valence electrons. The van der Waals surface area contributed by atoms with Gasteiger partial charge in [0.1, 0.15) is 0 Å². The van der Waals surface area contributed by atoms with E-state index in [1.807, 2.05) is 19.1 Å². The molecule has 10 heavy (non-hydrogen) atoms. The van der Waals surface area contributed by atoms with Gasteiger partial charge in [-0.3, -0.25) is 4.79 Å². The van der Waals surface area contributed by atoms with E-state index in [0.29, 0.717) is 13.0 Å². The number of hydrogen-bond donors (Lipinski definition) is 0. The van der Waals surface area contributed by atoms with Crippen LogP contribution < -0.4 is 0 Å². The van der Waals surface area contributed by atoms with Gasteiger partial charge in [0, 0.05) is 0 Å². The largest absolute Gasteiger partial charge is 0.466 e. The lowest BCUT2D eigenvalue weighted by Gasteiger charge is -1.95. The third-order valence-electron chi connectivity index (χ3n) is 0.992. The number of carbonyl (C=O) groups excluding carboxylic acids is 1. The lowest BCUT2D eigenvalue weighted by atomic mass is 10.3. The topological polar surface area (TPSA) is 26.3 Å². The summed E-state index contributed by atoms with van der Waals surface area (Å²) in [6.45, 7) is 4.31. The molecule has 0 N–H and O–H groups in total. The van der Waals surface area contributed by atoms with Gasteiger partial charge < -0.3 is 4.74 Å². The second-order valence-electron chi connectivity index (χ2n) is 1.89. The number of allylic oxidation sites excluding steroid dienone is 1. The highest BCUT2D eigenvalue weighted by Crippen LogP contribution is 1.89. The highest BCUT2D eigenvalue weighted by Gasteiger charge is 1.94. The van der Waals surface area contributed by atoms with Crippen LogP contribution in [-0.4, -0.2) is 12.6 Å². The van der Waals surface area contributed by atoms with Crippen LogP contribution in [0.15, 0.2) is 12.2 Å². The van der Waals surface area contributed by atoms with E-state index in [9.17, 15) is 4.79 Å². The number of ether oxygens (including phenoxy) is 1.